The summed E-state index contributed by atoms with van der Waals surface area (Å²) in [7, 11) is 0. The lowest BCUT2D eigenvalue weighted by Crippen LogP contribution is -2.01. The average Bonchev–Trinajstić information content (AvgIpc) is 2.46. The molecule has 2 rings (SSSR count). The van der Waals surface area contributed by atoms with Crippen molar-refractivity contribution in [3.8, 4) is 5.75 Å². The lowest BCUT2D eigenvalue weighted by molar-refractivity contribution is 0.217. The molecule has 0 aliphatic carbocycles. The van der Waals surface area contributed by atoms with Gasteiger partial charge in [0.25, 0.3) is 0 Å². The van der Waals surface area contributed by atoms with Crippen molar-refractivity contribution in [3.05, 3.63) is 76.8 Å². The summed E-state index contributed by atoms with van der Waals surface area (Å²) in [6, 6.07) is 15.5. The van der Waals surface area contributed by atoms with E-state index in [4.69, 9.17) is 4.74 Å². The molecule has 0 saturated heterocycles. The van der Waals surface area contributed by atoms with Gasteiger partial charge in [0.05, 0.1) is 0 Å². The van der Waals surface area contributed by atoms with Gasteiger partial charge in [-0.2, -0.15) is 0 Å². The number of rotatable bonds is 5. The van der Waals surface area contributed by atoms with Crippen molar-refractivity contribution in [1.82, 2.24) is 0 Å². The van der Waals surface area contributed by atoms with E-state index in [0.717, 1.165) is 10.0 Å². The summed E-state index contributed by atoms with van der Waals surface area (Å²) in [5, 5.41) is 9.91. The summed E-state index contributed by atoms with van der Waals surface area (Å²) in [5.74, 6) is 0.666. The first-order valence-corrected chi connectivity index (χ1v) is 6.77. The Morgan fingerprint density at radius 1 is 1.21 bits per heavy atom. The standard InChI is InChI=1S/C16H15BrO2/c1-2-15(18)14-10-13(17)8-9-16(14)19-11-12-6-4-3-5-7-12/h2-10,15,18H,1,11H2. The van der Waals surface area contributed by atoms with E-state index in [-0.39, 0.29) is 0 Å². The number of benzene rings is 2. The predicted octanol–water partition coefficient (Wildman–Crippen LogP) is 4.25. The van der Waals surface area contributed by atoms with Crippen molar-refractivity contribution in [2.45, 2.75) is 12.7 Å². The maximum Gasteiger partial charge on any atom is 0.126 e. The van der Waals surface area contributed by atoms with Crippen molar-refractivity contribution in [2.75, 3.05) is 0 Å². The van der Waals surface area contributed by atoms with Gasteiger partial charge in [0.2, 0.25) is 0 Å². The normalized spacial score (nSPS) is 11.9. The third-order valence-corrected chi connectivity index (χ3v) is 3.24. The number of aliphatic hydroxyl groups is 1. The molecule has 0 fully saturated rings. The molecular weight excluding hydrogens is 304 g/mol. The van der Waals surface area contributed by atoms with Crippen LogP contribution in [0.3, 0.4) is 0 Å². The Morgan fingerprint density at radius 3 is 2.63 bits per heavy atom. The van der Waals surface area contributed by atoms with Gasteiger partial charge >= 0.3 is 0 Å². The first-order chi connectivity index (χ1) is 9.20. The highest BCUT2D eigenvalue weighted by Crippen LogP contribution is 2.29. The lowest BCUT2D eigenvalue weighted by atomic mass is 10.1. The molecule has 0 amide bonds. The van der Waals surface area contributed by atoms with Crippen molar-refractivity contribution < 1.29 is 9.84 Å². The van der Waals surface area contributed by atoms with Crippen molar-refractivity contribution in [3.63, 3.8) is 0 Å². The Bertz CT molecular complexity index is 552. The maximum absolute atomic E-state index is 9.91. The summed E-state index contributed by atoms with van der Waals surface area (Å²) < 4.78 is 6.67. The Morgan fingerprint density at radius 2 is 1.95 bits per heavy atom. The highest BCUT2D eigenvalue weighted by atomic mass is 79.9. The predicted molar refractivity (Wildman–Crippen MR) is 80.1 cm³/mol. The quantitative estimate of drug-likeness (QED) is 0.835. The molecule has 0 heterocycles. The van der Waals surface area contributed by atoms with Gasteiger partial charge in [0.15, 0.2) is 0 Å². The van der Waals surface area contributed by atoms with Crippen LogP contribution in [0.5, 0.6) is 5.75 Å². The zero-order chi connectivity index (χ0) is 13.7. The van der Waals surface area contributed by atoms with E-state index in [1.165, 1.54) is 6.08 Å². The van der Waals surface area contributed by atoms with Crippen LogP contribution in [-0.4, -0.2) is 5.11 Å². The molecule has 0 aliphatic heterocycles. The fraction of sp³-hybridized carbons (Fsp3) is 0.125. The molecule has 0 aromatic heterocycles. The first kappa shape index (κ1) is 13.8. The molecule has 1 atom stereocenters. The smallest absolute Gasteiger partial charge is 0.126 e. The van der Waals surface area contributed by atoms with Crippen molar-refractivity contribution in [1.29, 1.82) is 0 Å². The first-order valence-electron chi connectivity index (χ1n) is 5.97. The van der Waals surface area contributed by atoms with E-state index in [0.29, 0.717) is 17.9 Å². The fourth-order valence-corrected chi connectivity index (χ4v) is 2.12. The molecular formula is C16H15BrO2. The molecule has 2 nitrogen and oxygen atoms in total. The van der Waals surface area contributed by atoms with Gasteiger partial charge in [-0.05, 0) is 23.8 Å². The molecule has 0 radical (unpaired) electrons. The van der Waals surface area contributed by atoms with Gasteiger partial charge < -0.3 is 9.84 Å². The zero-order valence-electron chi connectivity index (χ0n) is 10.4. The molecule has 0 aliphatic rings. The number of aliphatic hydroxyl groups excluding tert-OH is 1. The summed E-state index contributed by atoms with van der Waals surface area (Å²) in [5.41, 5.74) is 1.80. The monoisotopic (exact) mass is 318 g/mol. The molecule has 3 heteroatoms. The van der Waals surface area contributed by atoms with Crippen LogP contribution in [0.4, 0.5) is 0 Å². The van der Waals surface area contributed by atoms with Gasteiger partial charge in [-0.15, -0.1) is 6.58 Å². The zero-order valence-corrected chi connectivity index (χ0v) is 12.0. The fourth-order valence-electron chi connectivity index (χ4n) is 1.74. The number of ether oxygens (including phenoxy) is 1. The van der Waals surface area contributed by atoms with Gasteiger partial charge in [-0.25, -0.2) is 0 Å². The van der Waals surface area contributed by atoms with E-state index in [2.05, 4.69) is 22.5 Å². The summed E-state index contributed by atoms with van der Waals surface area (Å²) in [6.07, 6.45) is 0.750. The maximum atomic E-state index is 9.91. The minimum absolute atomic E-state index is 0.472. The van der Waals surface area contributed by atoms with E-state index < -0.39 is 6.10 Å². The third kappa shape index (κ3) is 3.69. The number of halogens is 1. The Kier molecular flexibility index (Phi) is 4.77. The SMILES string of the molecule is C=CC(O)c1cc(Br)ccc1OCc1ccccc1. The molecule has 1 N–H and O–H groups in total. The Labute approximate surface area is 121 Å². The van der Waals surface area contributed by atoms with Crippen LogP contribution >= 0.6 is 15.9 Å². The van der Waals surface area contributed by atoms with E-state index in [1.54, 1.807) is 0 Å². The molecule has 0 bridgehead atoms. The molecule has 0 spiro atoms. The highest BCUT2D eigenvalue weighted by Gasteiger charge is 2.11. The topological polar surface area (TPSA) is 29.5 Å². The minimum Gasteiger partial charge on any atom is -0.489 e. The summed E-state index contributed by atoms with van der Waals surface area (Å²) >= 11 is 3.39. The van der Waals surface area contributed by atoms with E-state index >= 15 is 0 Å². The van der Waals surface area contributed by atoms with Crippen LogP contribution in [0, 0.1) is 0 Å². The van der Waals surface area contributed by atoms with Crippen LogP contribution in [0.25, 0.3) is 0 Å². The molecule has 1 unspecified atom stereocenters. The number of hydrogen-bond donors (Lipinski definition) is 1. The van der Waals surface area contributed by atoms with E-state index in [1.807, 2.05) is 48.5 Å². The molecule has 0 saturated carbocycles. The highest BCUT2D eigenvalue weighted by molar-refractivity contribution is 9.10. The second-order valence-corrected chi connectivity index (χ2v) is 5.05. The molecule has 2 aromatic rings. The summed E-state index contributed by atoms with van der Waals surface area (Å²) in [4.78, 5) is 0. The van der Waals surface area contributed by atoms with Crippen molar-refractivity contribution in [2.24, 2.45) is 0 Å². The average molecular weight is 319 g/mol. The van der Waals surface area contributed by atoms with Gasteiger partial charge in [-0.3, -0.25) is 0 Å². The second-order valence-electron chi connectivity index (χ2n) is 4.14. The Hall–Kier alpha value is -1.58. The van der Waals surface area contributed by atoms with Crippen LogP contribution in [0.1, 0.15) is 17.2 Å². The summed E-state index contributed by atoms with van der Waals surface area (Å²) in [6.45, 7) is 4.08. The van der Waals surface area contributed by atoms with Gasteiger partial charge in [-0.1, -0.05) is 52.3 Å². The second kappa shape index (κ2) is 6.55. The number of hydrogen-bond acceptors (Lipinski definition) is 2. The largest absolute Gasteiger partial charge is 0.489 e. The molecule has 2 aromatic carbocycles. The van der Waals surface area contributed by atoms with Crippen LogP contribution < -0.4 is 4.74 Å². The van der Waals surface area contributed by atoms with E-state index in [9.17, 15) is 5.11 Å². The van der Waals surface area contributed by atoms with Crippen molar-refractivity contribution >= 4 is 15.9 Å². The molecule has 98 valence electrons. The lowest BCUT2D eigenvalue weighted by Gasteiger charge is -2.14. The Balaban J connectivity index is 2.18. The minimum atomic E-state index is -0.733. The van der Waals surface area contributed by atoms with Crippen LogP contribution in [0.2, 0.25) is 0 Å². The van der Waals surface area contributed by atoms with Crippen LogP contribution in [0.15, 0.2) is 65.7 Å². The van der Waals surface area contributed by atoms with Gasteiger partial charge in [0, 0.05) is 10.0 Å². The third-order valence-electron chi connectivity index (χ3n) is 2.75. The molecule has 19 heavy (non-hydrogen) atoms. The van der Waals surface area contributed by atoms with Crippen LogP contribution in [-0.2, 0) is 6.61 Å². The van der Waals surface area contributed by atoms with Gasteiger partial charge in [0.1, 0.15) is 18.5 Å².